The van der Waals surface area contributed by atoms with Crippen LogP contribution in [0.25, 0.3) is 0 Å². The van der Waals surface area contributed by atoms with Gasteiger partial charge in [0.1, 0.15) is 31.8 Å². The lowest BCUT2D eigenvalue weighted by molar-refractivity contribution is -0.0608. The van der Waals surface area contributed by atoms with Crippen molar-refractivity contribution in [3.63, 3.8) is 0 Å². The van der Waals surface area contributed by atoms with Gasteiger partial charge in [0.05, 0.1) is 5.69 Å². The number of hydrogen-bond donors (Lipinski definition) is 0. The smallest absolute Gasteiger partial charge is 0.437 e. The van der Waals surface area contributed by atoms with E-state index < -0.39 is 11.9 Å². The van der Waals surface area contributed by atoms with E-state index in [4.69, 9.17) is 9.47 Å². The van der Waals surface area contributed by atoms with Crippen LogP contribution in [0.4, 0.5) is 13.2 Å². The molecular formula is C21H23F3N2O3. The second-order valence-electron chi connectivity index (χ2n) is 6.21. The minimum atomic E-state index is -4.64. The van der Waals surface area contributed by atoms with E-state index >= 15 is 0 Å². The van der Waals surface area contributed by atoms with Gasteiger partial charge in [-0.25, -0.2) is 0 Å². The number of benzene rings is 1. The van der Waals surface area contributed by atoms with Gasteiger partial charge in [-0.2, -0.15) is 13.2 Å². The van der Waals surface area contributed by atoms with Gasteiger partial charge in [-0.3, -0.25) is 4.98 Å². The van der Waals surface area contributed by atoms with E-state index in [0.717, 1.165) is 30.2 Å². The van der Waals surface area contributed by atoms with Crippen molar-refractivity contribution in [2.24, 2.45) is 5.16 Å². The number of oxime groups is 1. The van der Waals surface area contributed by atoms with E-state index in [9.17, 15) is 13.2 Å². The van der Waals surface area contributed by atoms with Gasteiger partial charge in [0.25, 0.3) is 0 Å². The predicted octanol–water partition coefficient (Wildman–Crippen LogP) is 5.15. The second-order valence-corrected chi connectivity index (χ2v) is 6.21. The molecule has 0 spiro atoms. The molecule has 1 aromatic heterocycles. The molecule has 0 aliphatic carbocycles. The topological polar surface area (TPSA) is 52.9 Å². The van der Waals surface area contributed by atoms with Crippen LogP contribution in [0.3, 0.4) is 0 Å². The van der Waals surface area contributed by atoms with E-state index in [0.29, 0.717) is 18.1 Å². The maximum Gasteiger partial charge on any atom is 0.437 e. The fourth-order valence-corrected chi connectivity index (χ4v) is 2.62. The van der Waals surface area contributed by atoms with Gasteiger partial charge >= 0.3 is 6.18 Å². The number of nitrogens with zero attached hydrogens (tertiary/aromatic N) is 2. The first-order chi connectivity index (χ1) is 13.8. The lowest BCUT2D eigenvalue weighted by atomic mass is 10.1. The molecule has 0 saturated heterocycles. The number of allylic oxidation sites excluding steroid dienone is 1. The van der Waals surface area contributed by atoms with Crippen molar-refractivity contribution < 1.29 is 27.5 Å². The Kier molecular flexibility index (Phi) is 7.64. The number of alkyl halides is 3. The highest BCUT2D eigenvalue weighted by Crippen LogP contribution is 2.29. The molecule has 5 nitrogen and oxygen atoms in total. The van der Waals surface area contributed by atoms with E-state index in [-0.39, 0.29) is 12.2 Å². The molecule has 0 radical (unpaired) electrons. The van der Waals surface area contributed by atoms with Crippen LogP contribution in [0.1, 0.15) is 29.3 Å². The Morgan fingerprint density at radius 2 is 1.83 bits per heavy atom. The molecule has 29 heavy (non-hydrogen) atoms. The maximum absolute atomic E-state index is 13.0. The number of aryl methyl sites for hydroxylation is 2. The van der Waals surface area contributed by atoms with E-state index in [1.165, 1.54) is 12.1 Å². The van der Waals surface area contributed by atoms with E-state index in [2.05, 4.69) is 15.0 Å². The number of rotatable bonds is 8. The van der Waals surface area contributed by atoms with Crippen LogP contribution >= 0.6 is 0 Å². The van der Waals surface area contributed by atoms with E-state index in [1.807, 2.05) is 45.1 Å². The Bertz CT molecular complexity index is 853. The minimum absolute atomic E-state index is 0.115. The molecular weight excluding hydrogens is 385 g/mol. The van der Waals surface area contributed by atoms with Gasteiger partial charge in [0.15, 0.2) is 5.71 Å². The van der Waals surface area contributed by atoms with Crippen LogP contribution in [-0.4, -0.2) is 30.6 Å². The summed E-state index contributed by atoms with van der Waals surface area (Å²) < 4.78 is 50.5. The SMILES string of the molecule is C/C=C/COc1cc(C)c(OCc2ccc(/C(=N/OC)C(F)(F)F)cn2)c(C)c1. The summed E-state index contributed by atoms with van der Waals surface area (Å²) in [4.78, 5) is 8.33. The van der Waals surface area contributed by atoms with Crippen LogP contribution in [-0.2, 0) is 11.4 Å². The zero-order valence-electron chi connectivity index (χ0n) is 16.7. The normalized spacial score (nSPS) is 12.3. The molecule has 8 heteroatoms. The van der Waals surface area contributed by atoms with Gasteiger partial charge in [0.2, 0.25) is 0 Å². The third kappa shape index (κ3) is 6.23. The first-order valence-electron chi connectivity index (χ1n) is 8.88. The van der Waals surface area contributed by atoms with Crippen molar-refractivity contribution in [1.29, 1.82) is 0 Å². The Morgan fingerprint density at radius 1 is 1.14 bits per heavy atom. The van der Waals surface area contributed by atoms with E-state index in [1.54, 1.807) is 0 Å². The molecule has 0 bridgehead atoms. The standard InChI is InChI=1S/C21H23F3N2O3/c1-5-6-9-28-18-10-14(2)19(15(3)11-18)29-13-17-8-7-16(12-25-17)20(26-27-4)21(22,23)24/h5-8,10-12H,9,13H2,1-4H3/b6-5+,26-20-. The van der Waals surface area contributed by atoms with Crippen molar-refractivity contribution in [2.75, 3.05) is 13.7 Å². The highest BCUT2D eigenvalue weighted by Gasteiger charge is 2.38. The van der Waals surface area contributed by atoms with Crippen molar-refractivity contribution in [2.45, 2.75) is 33.6 Å². The van der Waals surface area contributed by atoms with Gasteiger partial charge in [0, 0.05) is 11.8 Å². The first kappa shape index (κ1) is 22.3. The summed E-state index contributed by atoms with van der Waals surface area (Å²) in [6, 6.07) is 6.50. The second kappa shape index (κ2) is 9.95. The lowest BCUT2D eigenvalue weighted by Crippen LogP contribution is -2.24. The Labute approximate surface area is 167 Å². The Hall–Kier alpha value is -3.03. The summed E-state index contributed by atoms with van der Waals surface area (Å²) in [5, 5.41) is 3.05. The van der Waals surface area contributed by atoms with Gasteiger partial charge in [-0.05, 0) is 56.2 Å². The highest BCUT2D eigenvalue weighted by molar-refractivity contribution is 6.04. The molecule has 1 heterocycles. The number of pyridine rings is 1. The number of aromatic nitrogens is 1. The minimum Gasteiger partial charge on any atom is -0.490 e. The van der Waals surface area contributed by atoms with Crippen LogP contribution in [0.5, 0.6) is 11.5 Å². The summed E-state index contributed by atoms with van der Waals surface area (Å²) in [6.45, 7) is 6.32. The molecule has 0 amide bonds. The molecule has 156 valence electrons. The average molecular weight is 408 g/mol. The third-order valence-electron chi connectivity index (χ3n) is 3.93. The summed E-state index contributed by atoms with van der Waals surface area (Å²) in [5.41, 5.74) is 0.950. The summed E-state index contributed by atoms with van der Waals surface area (Å²) in [6.07, 6.45) is 0.281. The molecule has 0 fully saturated rings. The fourth-order valence-electron chi connectivity index (χ4n) is 2.62. The molecule has 0 N–H and O–H groups in total. The zero-order valence-corrected chi connectivity index (χ0v) is 16.7. The van der Waals surface area contributed by atoms with Gasteiger partial charge in [-0.1, -0.05) is 17.3 Å². The quantitative estimate of drug-likeness (QED) is 0.345. The summed E-state index contributed by atoms with van der Waals surface area (Å²) in [7, 11) is 1.06. The molecule has 0 aliphatic rings. The van der Waals surface area contributed by atoms with Crippen LogP contribution < -0.4 is 9.47 Å². The van der Waals surface area contributed by atoms with Crippen molar-refractivity contribution in [3.05, 3.63) is 65.0 Å². The van der Waals surface area contributed by atoms with Crippen LogP contribution in [0.15, 0.2) is 47.8 Å². The third-order valence-corrected chi connectivity index (χ3v) is 3.93. The molecule has 0 aliphatic heterocycles. The van der Waals surface area contributed by atoms with Gasteiger partial charge < -0.3 is 14.3 Å². The molecule has 0 atom stereocenters. The zero-order chi connectivity index (χ0) is 21.4. The lowest BCUT2D eigenvalue weighted by Gasteiger charge is -2.14. The number of hydrogen-bond acceptors (Lipinski definition) is 5. The monoisotopic (exact) mass is 408 g/mol. The Balaban J connectivity index is 2.09. The number of halogens is 3. The largest absolute Gasteiger partial charge is 0.490 e. The average Bonchev–Trinajstić information content (AvgIpc) is 2.65. The summed E-state index contributed by atoms with van der Waals surface area (Å²) in [5.74, 6) is 1.43. The molecule has 0 unspecified atom stereocenters. The molecule has 0 saturated carbocycles. The fraction of sp³-hybridized carbons (Fsp3) is 0.333. The first-order valence-corrected chi connectivity index (χ1v) is 8.88. The van der Waals surface area contributed by atoms with Crippen molar-refractivity contribution >= 4 is 5.71 Å². The van der Waals surface area contributed by atoms with Crippen molar-refractivity contribution in [1.82, 2.24) is 4.98 Å². The highest BCUT2D eigenvalue weighted by atomic mass is 19.4. The van der Waals surface area contributed by atoms with Crippen molar-refractivity contribution in [3.8, 4) is 11.5 Å². The molecule has 2 aromatic rings. The van der Waals surface area contributed by atoms with Crippen LogP contribution in [0, 0.1) is 13.8 Å². The maximum atomic E-state index is 13.0. The number of ether oxygens (including phenoxy) is 2. The summed E-state index contributed by atoms with van der Waals surface area (Å²) >= 11 is 0. The van der Waals surface area contributed by atoms with Crippen LogP contribution in [0.2, 0.25) is 0 Å². The van der Waals surface area contributed by atoms with Gasteiger partial charge in [-0.15, -0.1) is 0 Å². The molecule has 1 aromatic carbocycles. The predicted molar refractivity (Wildman–Crippen MR) is 104 cm³/mol. The Morgan fingerprint density at radius 3 is 2.34 bits per heavy atom. The molecule has 2 rings (SSSR count).